The molecule has 122 valence electrons. The predicted octanol–water partition coefficient (Wildman–Crippen LogP) is 2.13. The lowest BCUT2D eigenvalue weighted by molar-refractivity contribution is 0.0529. The van der Waals surface area contributed by atoms with Crippen molar-refractivity contribution in [3.63, 3.8) is 0 Å². The van der Waals surface area contributed by atoms with Crippen LogP contribution in [0.3, 0.4) is 0 Å². The summed E-state index contributed by atoms with van der Waals surface area (Å²) in [6, 6.07) is 9.60. The Morgan fingerprint density at radius 2 is 2.04 bits per heavy atom. The SMILES string of the molecule is Cc1ccc([C@H]2O[C@]2(C#N)/C(N)=N/NC(=O)OC(C)(C)C)cc1. The summed E-state index contributed by atoms with van der Waals surface area (Å²) in [5.74, 6) is -0.114. The van der Waals surface area contributed by atoms with Crippen molar-refractivity contribution in [2.75, 3.05) is 0 Å². The van der Waals surface area contributed by atoms with Crippen LogP contribution in [-0.4, -0.2) is 23.1 Å². The summed E-state index contributed by atoms with van der Waals surface area (Å²) < 4.78 is 10.5. The minimum atomic E-state index is -1.36. The highest BCUT2D eigenvalue weighted by molar-refractivity contribution is 5.96. The molecule has 1 fully saturated rings. The Morgan fingerprint density at radius 3 is 2.57 bits per heavy atom. The number of rotatable bonds is 3. The van der Waals surface area contributed by atoms with Crippen molar-refractivity contribution in [3.05, 3.63) is 35.4 Å². The van der Waals surface area contributed by atoms with Gasteiger partial charge in [-0.15, -0.1) is 0 Å². The van der Waals surface area contributed by atoms with Gasteiger partial charge in [0.25, 0.3) is 0 Å². The molecule has 23 heavy (non-hydrogen) atoms. The van der Waals surface area contributed by atoms with Crippen LogP contribution in [0.4, 0.5) is 4.79 Å². The number of benzene rings is 1. The van der Waals surface area contributed by atoms with Gasteiger partial charge in [-0.25, -0.2) is 10.2 Å². The average Bonchev–Trinajstić information content (AvgIpc) is 3.20. The van der Waals surface area contributed by atoms with Crippen LogP contribution in [0.5, 0.6) is 0 Å². The Hall–Kier alpha value is -2.59. The van der Waals surface area contributed by atoms with Crippen LogP contribution in [0.2, 0.25) is 0 Å². The van der Waals surface area contributed by atoms with Crippen molar-refractivity contribution in [1.29, 1.82) is 5.26 Å². The molecular formula is C16H20N4O3. The summed E-state index contributed by atoms with van der Waals surface area (Å²) in [4.78, 5) is 11.6. The maximum absolute atomic E-state index is 11.6. The number of nitriles is 1. The second kappa shape index (κ2) is 5.89. The molecule has 0 bridgehead atoms. The van der Waals surface area contributed by atoms with Gasteiger partial charge >= 0.3 is 6.09 Å². The number of hydrazone groups is 1. The molecule has 1 amide bonds. The topological polar surface area (TPSA) is 113 Å². The van der Waals surface area contributed by atoms with Gasteiger partial charge in [-0.1, -0.05) is 29.8 Å². The molecule has 0 aromatic heterocycles. The van der Waals surface area contributed by atoms with Crippen LogP contribution < -0.4 is 11.2 Å². The summed E-state index contributed by atoms with van der Waals surface area (Å²) in [7, 11) is 0. The van der Waals surface area contributed by atoms with E-state index in [1.165, 1.54) is 0 Å². The van der Waals surface area contributed by atoms with Gasteiger partial charge in [0.15, 0.2) is 5.84 Å². The van der Waals surface area contributed by atoms with Crippen molar-refractivity contribution in [2.45, 2.75) is 45.0 Å². The fourth-order valence-electron chi connectivity index (χ4n) is 2.02. The summed E-state index contributed by atoms with van der Waals surface area (Å²) >= 11 is 0. The summed E-state index contributed by atoms with van der Waals surface area (Å²) in [6.45, 7) is 7.16. The molecule has 3 N–H and O–H groups in total. The Balaban J connectivity index is 2.07. The Labute approximate surface area is 135 Å². The first kappa shape index (κ1) is 16.8. The van der Waals surface area contributed by atoms with Crippen LogP contribution in [0.25, 0.3) is 0 Å². The minimum Gasteiger partial charge on any atom is -0.443 e. The third-order valence-corrected chi connectivity index (χ3v) is 3.21. The number of ether oxygens (including phenoxy) is 2. The van der Waals surface area contributed by atoms with E-state index < -0.39 is 23.4 Å². The van der Waals surface area contributed by atoms with Crippen molar-refractivity contribution >= 4 is 11.9 Å². The molecule has 0 saturated carbocycles. The van der Waals surface area contributed by atoms with E-state index in [9.17, 15) is 10.1 Å². The van der Waals surface area contributed by atoms with Crippen molar-refractivity contribution < 1.29 is 14.3 Å². The van der Waals surface area contributed by atoms with Gasteiger partial charge in [0.1, 0.15) is 17.8 Å². The molecule has 7 nitrogen and oxygen atoms in total. The summed E-state index contributed by atoms with van der Waals surface area (Å²) in [5, 5.41) is 13.1. The zero-order valence-electron chi connectivity index (χ0n) is 13.6. The van der Waals surface area contributed by atoms with Gasteiger partial charge in [-0.2, -0.15) is 10.4 Å². The number of amidine groups is 1. The van der Waals surface area contributed by atoms with E-state index >= 15 is 0 Å². The van der Waals surface area contributed by atoms with Crippen LogP contribution in [-0.2, 0) is 9.47 Å². The Morgan fingerprint density at radius 1 is 1.43 bits per heavy atom. The number of hydrogen-bond acceptors (Lipinski definition) is 5. The highest BCUT2D eigenvalue weighted by Crippen LogP contribution is 2.49. The van der Waals surface area contributed by atoms with Gasteiger partial charge in [0, 0.05) is 0 Å². The average molecular weight is 316 g/mol. The molecular weight excluding hydrogens is 296 g/mol. The van der Waals surface area contributed by atoms with Crippen molar-refractivity contribution in [3.8, 4) is 6.07 Å². The minimum absolute atomic E-state index is 0.114. The van der Waals surface area contributed by atoms with Gasteiger partial charge in [-0.05, 0) is 33.3 Å². The molecule has 2 atom stereocenters. The van der Waals surface area contributed by atoms with Gasteiger partial charge < -0.3 is 15.2 Å². The first-order valence-electron chi connectivity index (χ1n) is 7.16. The van der Waals surface area contributed by atoms with Crippen LogP contribution in [0, 0.1) is 18.3 Å². The van der Waals surface area contributed by atoms with Crippen molar-refractivity contribution in [1.82, 2.24) is 5.43 Å². The van der Waals surface area contributed by atoms with Gasteiger partial charge in [-0.3, -0.25) is 0 Å². The fourth-order valence-corrected chi connectivity index (χ4v) is 2.02. The zero-order valence-corrected chi connectivity index (χ0v) is 13.6. The lowest BCUT2D eigenvalue weighted by atomic mass is 9.99. The van der Waals surface area contributed by atoms with Gasteiger partial charge in [0.05, 0.1) is 0 Å². The van der Waals surface area contributed by atoms with E-state index in [-0.39, 0.29) is 5.84 Å². The molecule has 2 rings (SSSR count). The summed E-state index contributed by atoms with van der Waals surface area (Å²) in [6.07, 6.45) is -1.25. The normalized spacial score (nSPS) is 23.8. The van der Waals surface area contributed by atoms with E-state index in [0.29, 0.717) is 0 Å². The molecule has 1 aromatic rings. The third-order valence-electron chi connectivity index (χ3n) is 3.21. The number of hydrogen-bond donors (Lipinski definition) is 2. The number of epoxide rings is 1. The van der Waals surface area contributed by atoms with Crippen LogP contribution >= 0.6 is 0 Å². The maximum Gasteiger partial charge on any atom is 0.428 e. The smallest absolute Gasteiger partial charge is 0.428 e. The number of aryl methyl sites for hydroxylation is 1. The molecule has 1 aliphatic rings. The fraction of sp³-hybridized carbons (Fsp3) is 0.438. The van der Waals surface area contributed by atoms with Crippen molar-refractivity contribution in [2.24, 2.45) is 10.8 Å². The standard InChI is InChI=1S/C16H20N4O3/c1-10-5-7-11(8-6-10)12-16(9-17,22-12)13(18)19-20-14(21)23-15(2,3)4/h5-8,12H,1-4H3,(H2,18,19)(H,20,21)/t12-,16+/m1/s1. The first-order valence-corrected chi connectivity index (χ1v) is 7.16. The number of carbonyl (C=O) groups excluding carboxylic acids is 1. The predicted molar refractivity (Wildman–Crippen MR) is 84.3 cm³/mol. The highest BCUT2D eigenvalue weighted by Gasteiger charge is 2.62. The van der Waals surface area contributed by atoms with E-state index in [4.69, 9.17) is 15.2 Å². The largest absolute Gasteiger partial charge is 0.443 e. The van der Waals surface area contributed by atoms with E-state index in [0.717, 1.165) is 11.1 Å². The Bertz CT molecular complexity index is 670. The second-order valence-electron chi connectivity index (χ2n) is 6.37. The highest BCUT2D eigenvalue weighted by atomic mass is 16.6. The zero-order chi connectivity index (χ0) is 17.3. The van der Waals surface area contributed by atoms with Gasteiger partial charge in [0.2, 0.25) is 5.60 Å². The Kier molecular flexibility index (Phi) is 4.30. The molecule has 0 aliphatic carbocycles. The number of amides is 1. The first-order chi connectivity index (χ1) is 10.7. The summed E-state index contributed by atoms with van der Waals surface area (Å²) in [5.41, 5.74) is 7.92. The number of nitrogens with two attached hydrogens (primary N) is 1. The second-order valence-corrected chi connectivity index (χ2v) is 6.37. The van der Waals surface area contributed by atoms with E-state index in [1.54, 1.807) is 20.8 Å². The number of nitrogens with zero attached hydrogens (tertiary/aromatic N) is 2. The number of carbonyl (C=O) groups is 1. The van der Waals surface area contributed by atoms with Crippen LogP contribution in [0.15, 0.2) is 29.4 Å². The lowest BCUT2D eigenvalue weighted by Gasteiger charge is -2.18. The molecule has 1 aromatic carbocycles. The molecule has 7 heteroatoms. The number of nitrogens with one attached hydrogen (secondary N) is 1. The molecule has 1 saturated heterocycles. The third kappa shape index (κ3) is 3.79. The monoisotopic (exact) mass is 316 g/mol. The quantitative estimate of drug-likeness (QED) is 0.384. The van der Waals surface area contributed by atoms with E-state index in [2.05, 4.69) is 10.5 Å². The molecule has 0 radical (unpaired) electrons. The molecule has 0 spiro atoms. The molecule has 1 aliphatic heterocycles. The van der Waals surface area contributed by atoms with E-state index in [1.807, 2.05) is 37.3 Å². The maximum atomic E-state index is 11.6. The lowest BCUT2D eigenvalue weighted by Crippen LogP contribution is -2.36. The van der Waals surface area contributed by atoms with Crippen LogP contribution in [0.1, 0.15) is 38.0 Å². The molecule has 0 unspecified atom stereocenters. The molecule has 1 heterocycles.